The molecule has 0 atom stereocenters. The molecule has 1 heterocycles. The van der Waals surface area contributed by atoms with E-state index < -0.39 is 10.0 Å². The lowest BCUT2D eigenvalue weighted by Crippen LogP contribution is -2.13. The minimum absolute atomic E-state index is 0.0454. The SMILES string of the molecule is CCOc1ccc(-n2[nH]c(=O)c3cc(NS(=O)(=O)c4ccc(C)c(Cl)c4)ccc32)cc1. The van der Waals surface area contributed by atoms with Crippen molar-refractivity contribution in [3.05, 3.63) is 81.6 Å². The molecule has 4 rings (SSSR count). The fourth-order valence-corrected chi connectivity index (χ4v) is 4.54. The normalized spacial score (nSPS) is 11.6. The highest BCUT2D eigenvalue weighted by Gasteiger charge is 2.17. The van der Waals surface area contributed by atoms with Crippen LogP contribution < -0.4 is 15.0 Å². The fourth-order valence-electron chi connectivity index (χ4n) is 3.21. The van der Waals surface area contributed by atoms with Crippen molar-refractivity contribution >= 4 is 38.2 Å². The summed E-state index contributed by atoms with van der Waals surface area (Å²) in [5, 5.41) is 3.50. The number of benzene rings is 3. The Hall–Kier alpha value is -3.23. The molecule has 31 heavy (non-hydrogen) atoms. The zero-order chi connectivity index (χ0) is 22.2. The maximum absolute atomic E-state index is 12.7. The van der Waals surface area contributed by atoms with Crippen LogP contribution in [0.15, 0.2) is 70.4 Å². The average molecular weight is 458 g/mol. The number of anilines is 1. The van der Waals surface area contributed by atoms with E-state index in [0.717, 1.165) is 17.0 Å². The van der Waals surface area contributed by atoms with Gasteiger partial charge in [-0.15, -0.1) is 0 Å². The second-order valence-electron chi connectivity index (χ2n) is 6.95. The van der Waals surface area contributed by atoms with Gasteiger partial charge in [0.1, 0.15) is 5.75 Å². The van der Waals surface area contributed by atoms with Gasteiger partial charge in [0, 0.05) is 10.7 Å². The molecule has 0 unspecified atom stereocenters. The Morgan fingerprint density at radius 1 is 1.06 bits per heavy atom. The smallest absolute Gasteiger partial charge is 0.272 e. The van der Waals surface area contributed by atoms with Crippen molar-refractivity contribution in [2.75, 3.05) is 11.3 Å². The molecule has 4 aromatic rings. The highest BCUT2D eigenvalue weighted by molar-refractivity contribution is 7.92. The van der Waals surface area contributed by atoms with Crippen LogP contribution in [0, 0.1) is 6.92 Å². The summed E-state index contributed by atoms with van der Waals surface area (Å²) in [4.78, 5) is 12.6. The van der Waals surface area contributed by atoms with Crippen LogP contribution in [0.2, 0.25) is 5.02 Å². The number of aromatic nitrogens is 2. The first-order valence-corrected chi connectivity index (χ1v) is 11.4. The summed E-state index contributed by atoms with van der Waals surface area (Å²) < 4.78 is 35.0. The Morgan fingerprint density at radius 2 is 1.81 bits per heavy atom. The van der Waals surface area contributed by atoms with E-state index in [1.807, 2.05) is 31.2 Å². The number of rotatable bonds is 6. The summed E-state index contributed by atoms with van der Waals surface area (Å²) in [6.45, 7) is 4.27. The Labute approximate surface area is 184 Å². The molecule has 0 radical (unpaired) electrons. The molecule has 0 aliphatic carbocycles. The Morgan fingerprint density at radius 3 is 2.48 bits per heavy atom. The molecule has 7 nitrogen and oxygen atoms in total. The van der Waals surface area contributed by atoms with Gasteiger partial charge in [-0.25, -0.2) is 8.42 Å². The second kappa shape index (κ2) is 8.13. The number of sulfonamides is 1. The van der Waals surface area contributed by atoms with Gasteiger partial charge in [0.05, 0.1) is 28.1 Å². The summed E-state index contributed by atoms with van der Waals surface area (Å²) in [7, 11) is -3.86. The third kappa shape index (κ3) is 4.17. The monoisotopic (exact) mass is 457 g/mol. The molecule has 2 N–H and O–H groups in total. The van der Waals surface area contributed by atoms with Crippen molar-refractivity contribution in [3.8, 4) is 11.4 Å². The molecule has 0 bridgehead atoms. The van der Waals surface area contributed by atoms with Gasteiger partial charge in [-0.2, -0.15) is 0 Å². The van der Waals surface area contributed by atoms with E-state index >= 15 is 0 Å². The molecule has 1 aromatic heterocycles. The number of fused-ring (bicyclic) bond motifs is 1. The van der Waals surface area contributed by atoms with E-state index in [9.17, 15) is 13.2 Å². The summed E-state index contributed by atoms with van der Waals surface area (Å²) in [6, 6.07) is 16.6. The lowest BCUT2D eigenvalue weighted by atomic mass is 10.2. The van der Waals surface area contributed by atoms with Crippen molar-refractivity contribution in [1.82, 2.24) is 9.78 Å². The average Bonchev–Trinajstić information content (AvgIpc) is 3.06. The minimum atomic E-state index is -3.86. The van der Waals surface area contributed by atoms with E-state index in [4.69, 9.17) is 16.3 Å². The predicted molar refractivity (Wildman–Crippen MR) is 122 cm³/mol. The molecule has 0 saturated carbocycles. The maximum atomic E-state index is 12.7. The zero-order valence-electron chi connectivity index (χ0n) is 16.8. The number of aromatic amines is 1. The quantitative estimate of drug-likeness (QED) is 0.446. The van der Waals surface area contributed by atoms with Gasteiger partial charge >= 0.3 is 0 Å². The van der Waals surface area contributed by atoms with E-state index in [2.05, 4.69) is 9.82 Å². The first-order chi connectivity index (χ1) is 14.8. The number of nitrogens with one attached hydrogen (secondary N) is 2. The number of H-pyrrole nitrogens is 1. The van der Waals surface area contributed by atoms with Crippen LogP contribution in [0.3, 0.4) is 0 Å². The highest BCUT2D eigenvalue weighted by Crippen LogP contribution is 2.25. The van der Waals surface area contributed by atoms with Crippen LogP contribution in [-0.4, -0.2) is 24.8 Å². The van der Waals surface area contributed by atoms with Crippen molar-refractivity contribution < 1.29 is 13.2 Å². The molecule has 3 aromatic carbocycles. The van der Waals surface area contributed by atoms with Gasteiger partial charge in [0.25, 0.3) is 15.6 Å². The molecule has 0 aliphatic heterocycles. The van der Waals surface area contributed by atoms with E-state index in [-0.39, 0.29) is 16.1 Å². The Bertz CT molecular complexity index is 1420. The largest absolute Gasteiger partial charge is 0.494 e. The summed E-state index contributed by atoms with van der Waals surface area (Å²) in [6.07, 6.45) is 0. The number of ether oxygens (including phenoxy) is 1. The molecule has 0 fully saturated rings. The standard InChI is InChI=1S/C22H20ClN3O4S/c1-3-30-17-8-6-16(7-9-17)26-21-11-5-15(12-19(21)22(27)24-26)25-31(28,29)18-10-4-14(2)20(23)13-18/h4-13,25H,3H2,1-2H3,(H,24,27). The van der Waals surface area contributed by atoms with Crippen molar-refractivity contribution in [2.24, 2.45) is 0 Å². The summed E-state index contributed by atoms with van der Waals surface area (Å²) in [5.41, 5.74) is 2.10. The second-order valence-corrected chi connectivity index (χ2v) is 9.04. The third-order valence-electron chi connectivity index (χ3n) is 4.81. The number of hydrogen-bond acceptors (Lipinski definition) is 4. The lowest BCUT2D eigenvalue weighted by molar-refractivity contribution is 0.340. The Balaban J connectivity index is 1.68. The van der Waals surface area contributed by atoms with Crippen molar-refractivity contribution in [1.29, 1.82) is 0 Å². The number of halogens is 1. The fraction of sp³-hybridized carbons (Fsp3) is 0.136. The van der Waals surface area contributed by atoms with Gasteiger partial charge in [0.15, 0.2) is 0 Å². The van der Waals surface area contributed by atoms with Crippen LogP contribution in [0.4, 0.5) is 5.69 Å². The van der Waals surface area contributed by atoms with Gasteiger partial charge in [-0.05, 0) is 74.0 Å². The van der Waals surface area contributed by atoms with Crippen molar-refractivity contribution in [2.45, 2.75) is 18.7 Å². The number of hydrogen-bond donors (Lipinski definition) is 2. The van der Waals surface area contributed by atoms with Crippen molar-refractivity contribution in [3.63, 3.8) is 0 Å². The molecule has 0 aliphatic rings. The predicted octanol–water partition coefficient (Wildman–Crippen LogP) is 4.48. The van der Waals surface area contributed by atoms with E-state index in [0.29, 0.717) is 22.5 Å². The van der Waals surface area contributed by atoms with Gasteiger partial charge in [0.2, 0.25) is 0 Å². The van der Waals surface area contributed by atoms with Crippen LogP contribution in [0.5, 0.6) is 5.75 Å². The van der Waals surface area contributed by atoms with Gasteiger partial charge in [-0.3, -0.25) is 19.3 Å². The topological polar surface area (TPSA) is 93.2 Å². The molecule has 0 amide bonds. The van der Waals surface area contributed by atoms with Crippen LogP contribution >= 0.6 is 11.6 Å². The summed E-state index contributed by atoms with van der Waals surface area (Å²) in [5.74, 6) is 0.734. The van der Waals surface area contributed by atoms with E-state index in [1.54, 1.807) is 29.8 Å². The van der Waals surface area contributed by atoms with Gasteiger partial charge in [-0.1, -0.05) is 17.7 Å². The number of aryl methyl sites for hydroxylation is 1. The molecule has 9 heteroatoms. The minimum Gasteiger partial charge on any atom is -0.494 e. The maximum Gasteiger partial charge on any atom is 0.272 e. The van der Waals surface area contributed by atoms with Crippen LogP contribution in [0.1, 0.15) is 12.5 Å². The molecule has 0 saturated heterocycles. The zero-order valence-corrected chi connectivity index (χ0v) is 18.4. The molecule has 0 spiro atoms. The first kappa shape index (κ1) is 21.0. The van der Waals surface area contributed by atoms with E-state index in [1.165, 1.54) is 18.2 Å². The lowest BCUT2D eigenvalue weighted by Gasteiger charge is -2.10. The molecular weight excluding hydrogens is 438 g/mol. The summed E-state index contributed by atoms with van der Waals surface area (Å²) >= 11 is 6.06. The highest BCUT2D eigenvalue weighted by atomic mass is 35.5. The molecule has 160 valence electrons. The number of nitrogens with zero attached hydrogens (tertiary/aromatic N) is 1. The third-order valence-corrected chi connectivity index (χ3v) is 6.59. The van der Waals surface area contributed by atoms with Gasteiger partial charge < -0.3 is 4.74 Å². The Kier molecular flexibility index (Phi) is 5.51. The first-order valence-electron chi connectivity index (χ1n) is 9.55. The van der Waals surface area contributed by atoms with Crippen LogP contribution in [0.25, 0.3) is 16.6 Å². The molecular formula is C22H20ClN3O4S. The van der Waals surface area contributed by atoms with Crippen LogP contribution in [-0.2, 0) is 10.0 Å².